The van der Waals surface area contributed by atoms with E-state index in [4.69, 9.17) is 19.9 Å². The van der Waals surface area contributed by atoms with Gasteiger partial charge >= 0.3 is 5.97 Å². The second kappa shape index (κ2) is 17.3. The molecule has 0 aliphatic carbocycles. The first-order chi connectivity index (χ1) is 27.7. The summed E-state index contributed by atoms with van der Waals surface area (Å²) in [6, 6.07) is 18.9. The number of carbonyl (C=O) groups is 3. The van der Waals surface area contributed by atoms with Crippen molar-refractivity contribution in [1.29, 1.82) is 0 Å². The standard InChI is InChI=1S/C42H45N3O13/c1-23(6-5-9-24-7-3-2-4-8-24)27(18-25-16-17-44-20-25)21-45-39(53)42(55)40(58-35(38(51)52)36(49)41(42,54)22-46)56-29-14-15-30-31(19-29)57-34(37(43)50)32(33(30)48)26-10-12-28(47)13-11-26/h2-5,7-16,19-20,22-23,27,34-36,39-40,45,47-49,53-55H,6,17-18,21H2,1H3,(H2,43,50)(H,51,52). The number of aliphatic carboxylic acids is 1. The number of aliphatic imine (C=N–C) groups is 1. The fourth-order valence-electron chi connectivity index (χ4n) is 7.27. The van der Waals surface area contributed by atoms with Gasteiger partial charge in [0, 0.05) is 18.8 Å². The number of hydrogen-bond donors (Lipinski definition) is 9. The summed E-state index contributed by atoms with van der Waals surface area (Å²) in [4.78, 5) is 41.6. The molecule has 1 fully saturated rings. The summed E-state index contributed by atoms with van der Waals surface area (Å²) in [6.45, 7) is 2.48. The number of phenols is 1. The van der Waals surface area contributed by atoms with E-state index < -0.39 is 59.7 Å². The van der Waals surface area contributed by atoms with E-state index in [1.807, 2.05) is 55.5 Å². The lowest BCUT2D eigenvalue weighted by atomic mass is 9.73. The molecule has 6 rings (SSSR count). The first-order valence-corrected chi connectivity index (χ1v) is 18.5. The highest BCUT2D eigenvalue weighted by Gasteiger charge is 2.71. The molecule has 1 amide bonds. The molecule has 3 aliphatic heterocycles. The predicted molar refractivity (Wildman–Crippen MR) is 209 cm³/mol. The fourth-order valence-corrected chi connectivity index (χ4v) is 7.27. The zero-order valence-corrected chi connectivity index (χ0v) is 31.3. The zero-order valence-electron chi connectivity index (χ0n) is 31.3. The molecule has 0 saturated carbocycles. The Labute approximate surface area is 332 Å². The molecule has 16 nitrogen and oxygen atoms in total. The van der Waals surface area contributed by atoms with Crippen LogP contribution in [-0.2, 0) is 19.1 Å². The molecule has 3 aromatic carbocycles. The monoisotopic (exact) mass is 799 g/mol. The zero-order chi connectivity index (χ0) is 41.8. The summed E-state index contributed by atoms with van der Waals surface area (Å²) >= 11 is 0. The van der Waals surface area contributed by atoms with Gasteiger partial charge in [0.15, 0.2) is 18.0 Å². The van der Waals surface area contributed by atoms with E-state index in [9.17, 15) is 50.1 Å². The Kier molecular flexibility index (Phi) is 12.5. The molecule has 9 atom stereocenters. The second-order valence-electron chi connectivity index (χ2n) is 14.5. The number of aromatic hydroxyl groups is 1. The number of rotatable bonds is 16. The van der Waals surface area contributed by atoms with Gasteiger partial charge in [-0.15, -0.1) is 0 Å². The number of nitrogens with one attached hydrogen (secondary N) is 1. The van der Waals surface area contributed by atoms with Gasteiger partial charge in [0.05, 0.1) is 17.7 Å². The molecule has 0 radical (unpaired) electrons. The third-order valence-electron chi connectivity index (χ3n) is 10.7. The Bertz CT molecular complexity index is 2120. The van der Waals surface area contributed by atoms with Crippen molar-refractivity contribution >= 4 is 41.8 Å². The number of phenolic OH excluding ortho intramolecular Hbond substituents is 1. The number of primary amides is 1. The number of fused-ring (bicyclic) bond motifs is 1. The summed E-state index contributed by atoms with van der Waals surface area (Å²) in [5.74, 6) is -4.01. The quantitative estimate of drug-likeness (QED) is 0.0741. The molecule has 9 unspecified atom stereocenters. The van der Waals surface area contributed by atoms with Crippen molar-refractivity contribution in [2.24, 2.45) is 22.6 Å². The van der Waals surface area contributed by atoms with Crippen molar-refractivity contribution in [1.82, 2.24) is 5.32 Å². The van der Waals surface area contributed by atoms with Gasteiger partial charge in [-0.3, -0.25) is 19.9 Å². The number of carboxylic acid groups (broad SMARTS) is 1. The topological polar surface area (TPSA) is 271 Å². The van der Waals surface area contributed by atoms with Crippen LogP contribution in [0.15, 0.2) is 95.5 Å². The van der Waals surface area contributed by atoms with E-state index in [0.717, 1.165) is 17.2 Å². The number of benzene rings is 3. The van der Waals surface area contributed by atoms with Crippen molar-refractivity contribution in [2.75, 3.05) is 13.1 Å². The molecule has 0 aromatic heterocycles. The Morgan fingerprint density at radius 2 is 1.81 bits per heavy atom. The number of carbonyl (C=O) groups excluding carboxylic acids is 2. The molecule has 3 heterocycles. The highest BCUT2D eigenvalue weighted by Crippen LogP contribution is 2.44. The summed E-state index contributed by atoms with van der Waals surface area (Å²) in [5.41, 5.74) is 1.27. The van der Waals surface area contributed by atoms with Crippen LogP contribution in [0.3, 0.4) is 0 Å². The first-order valence-electron chi connectivity index (χ1n) is 18.5. The minimum absolute atomic E-state index is 0.00136. The van der Waals surface area contributed by atoms with Gasteiger partial charge in [-0.2, -0.15) is 0 Å². The number of aldehydes is 1. The highest BCUT2D eigenvalue weighted by molar-refractivity contribution is 6.03. The maximum absolute atomic E-state index is 12.6. The molecule has 3 aliphatic rings. The maximum atomic E-state index is 12.6. The lowest BCUT2D eigenvalue weighted by Crippen LogP contribution is -2.82. The molecular formula is C42H45N3O13. The van der Waals surface area contributed by atoms with Crippen LogP contribution in [0.25, 0.3) is 17.4 Å². The average Bonchev–Trinajstić information content (AvgIpc) is 3.73. The van der Waals surface area contributed by atoms with Crippen LogP contribution in [0.4, 0.5) is 0 Å². The molecule has 306 valence electrons. The summed E-state index contributed by atoms with van der Waals surface area (Å²) in [6.07, 6.45) is -2.63. The number of ether oxygens (including phenoxy) is 3. The Morgan fingerprint density at radius 3 is 2.45 bits per heavy atom. The van der Waals surface area contributed by atoms with Gasteiger partial charge in [-0.1, -0.05) is 67.6 Å². The number of aliphatic hydroxyl groups is 5. The number of hydrogen-bond acceptors (Lipinski definition) is 14. The lowest BCUT2D eigenvalue weighted by Gasteiger charge is -2.53. The molecule has 1 saturated heterocycles. The van der Waals surface area contributed by atoms with Gasteiger partial charge in [-0.25, -0.2) is 4.79 Å². The van der Waals surface area contributed by atoms with Crippen molar-refractivity contribution < 1.29 is 64.3 Å². The van der Waals surface area contributed by atoms with Gasteiger partial charge in [0.1, 0.15) is 35.3 Å². The Morgan fingerprint density at radius 1 is 1.09 bits per heavy atom. The van der Waals surface area contributed by atoms with Crippen molar-refractivity contribution in [2.45, 2.75) is 61.8 Å². The van der Waals surface area contributed by atoms with Crippen molar-refractivity contribution in [3.63, 3.8) is 0 Å². The average molecular weight is 800 g/mol. The van der Waals surface area contributed by atoms with E-state index in [0.29, 0.717) is 24.9 Å². The van der Waals surface area contributed by atoms with Gasteiger partial charge < -0.3 is 55.7 Å². The molecule has 16 heteroatoms. The third-order valence-corrected chi connectivity index (χ3v) is 10.7. The number of nitrogens with zero attached hydrogens (tertiary/aromatic N) is 1. The minimum Gasteiger partial charge on any atom is -0.508 e. The number of nitrogens with two attached hydrogens (primary N) is 1. The van der Waals surface area contributed by atoms with E-state index in [2.05, 4.69) is 10.3 Å². The van der Waals surface area contributed by atoms with Crippen LogP contribution in [0.1, 0.15) is 36.5 Å². The fraction of sp³-hybridized carbons (Fsp3) is 0.333. The molecule has 3 aromatic rings. The molecule has 0 bridgehead atoms. The predicted octanol–water partition coefficient (Wildman–Crippen LogP) is 1.94. The summed E-state index contributed by atoms with van der Waals surface area (Å²) < 4.78 is 17.2. The molecule has 0 spiro atoms. The molecule has 58 heavy (non-hydrogen) atoms. The van der Waals surface area contributed by atoms with Crippen LogP contribution in [-0.4, -0.2) is 115 Å². The van der Waals surface area contributed by atoms with Crippen LogP contribution in [0.5, 0.6) is 17.2 Å². The van der Waals surface area contributed by atoms with Crippen LogP contribution in [0, 0.1) is 11.8 Å². The molecular weight excluding hydrogens is 754 g/mol. The smallest absolute Gasteiger partial charge is 0.335 e. The summed E-state index contributed by atoms with van der Waals surface area (Å²) in [5, 5.41) is 80.3. The summed E-state index contributed by atoms with van der Waals surface area (Å²) in [7, 11) is 0. The first kappa shape index (κ1) is 41.7. The van der Waals surface area contributed by atoms with Gasteiger partial charge in [0.25, 0.3) is 5.91 Å². The SMILES string of the molecule is CC(CC=Cc1ccccc1)C(CNC(O)C1(O)C(Oc2ccc3c(c2)OC(C(N)=O)C(c2ccc(O)cc2)=C3O)OC(C(=O)O)C(O)C1(O)C=O)CC1=CCN=C1. The van der Waals surface area contributed by atoms with E-state index in [1.165, 1.54) is 36.4 Å². The van der Waals surface area contributed by atoms with Crippen molar-refractivity contribution in [3.05, 3.63) is 107 Å². The van der Waals surface area contributed by atoms with E-state index >= 15 is 0 Å². The Hall–Kier alpha value is -5.88. The van der Waals surface area contributed by atoms with Crippen molar-refractivity contribution in [3.8, 4) is 17.2 Å². The number of allylic oxidation sites excluding steroid dienone is 2. The lowest BCUT2D eigenvalue weighted by molar-refractivity contribution is -0.359. The van der Waals surface area contributed by atoms with Crippen LogP contribution >= 0.6 is 0 Å². The normalized spacial score (nSPS) is 26.9. The van der Waals surface area contributed by atoms with E-state index in [1.54, 1.807) is 6.21 Å². The maximum Gasteiger partial charge on any atom is 0.335 e. The minimum atomic E-state index is -3.40. The highest BCUT2D eigenvalue weighted by atomic mass is 16.7. The van der Waals surface area contributed by atoms with Gasteiger partial charge in [0.2, 0.25) is 18.0 Å². The Balaban J connectivity index is 1.30. The third kappa shape index (κ3) is 8.24. The van der Waals surface area contributed by atoms with Gasteiger partial charge in [-0.05, 0) is 65.6 Å². The largest absolute Gasteiger partial charge is 0.508 e. The number of amides is 1. The van der Waals surface area contributed by atoms with Crippen LogP contribution < -0.4 is 20.5 Å². The van der Waals surface area contributed by atoms with Crippen LogP contribution in [0.2, 0.25) is 0 Å². The van der Waals surface area contributed by atoms with E-state index in [-0.39, 0.29) is 53.1 Å². The number of carboxylic acids is 1. The number of aliphatic hydroxyl groups excluding tert-OH is 3. The molecule has 10 N–H and O–H groups in total. The second-order valence-corrected chi connectivity index (χ2v) is 14.5.